The number of likely N-dealkylation sites (tertiary alicyclic amines) is 2. The van der Waals surface area contributed by atoms with Crippen LogP contribution in [-0.4, -0.2) is 53.9 Å². The molecule has 2 nitrogen and oxygen atoms in total. The summed E-state index contributed by atoms with van der Waals surface area (Å²) < 4.78 is 0. The molecule has 0 radical (unpaired) electrons. The SMILES string of the molecule is BrCC1CCCN1CCCN1CCCC1. The average molecular weight is 275 g/mol. The fourth-order valence-corrected chi connectivity index (χ4v) is 3.60. The second-order valence-electron chi connectivity index (χ2n) is 4.89. The van der Waals surface area contributed by atoms with Crippen molar-refractivity contribution in [2.45, 2.75) is 38.1 Å². The second-order valence-corrected chi connectivity index (χ2v) is 5.54. The molecular weight excluding hydrogens is 252 g/mol. The summed E-state index contributed by atoms with van der Waals surface area (Å²) in [5.74, 6) is 0. The summed E-state index contributed by atoms with van der Waals surface area (Å²) in [5.41, 5.74) is 0. The molecule has 0 spiro atoms. The van der Waals surface area contributed by atoms with Gasteiger partial charge in [0.2, 0.25) is 0 Å². The highest BCUT2D eigenvalue weighted by Crippen LogP contribution is 2.19. The van der Waals surface area contributed by atoms with E-state index < -0.39 is 0 Å². The molecule has 2 heterocycles. The number of nitrogens with zero attached hydrogens (tertiary/aromatic N) is 2. The van der Waals surface area contributed by atoms with Gasteiger partial charge in [-0.3, -0.25) is 4.90 Å². The fourth-order valence-electron chi connectivity index (χ4n) is 2.87. The van der Waals surface area contributed by atoms with Crippen molar-refractivity contribution >= 4 is 15.9 Å². The highest BCUT2D eigenvalue weighted by atomic mass is 79.9. The van der Waals surface area contributed by atoms with Crippen LogP contribution in [0.5, 0.6) is 0 Å². The van der Waals surface area contributed by atoms with E-state index in [1.54, 1.807) is 0 Å². The van der Waals surface area contributed by atoms with E-state index in [9.17, 15) is 0 Å². The van der Waals surface area contributed by atoms with Gasteiger partial charge in [-0.25, -0.2) is 0 Å². The van der Waals surface area contributed by atoms with Crippen molar-refractivity contribution in [3.8, 4) is 0 Å². The molecule has 0 aromatic rings. The molecule has 0 aliphatic carbocycles. The maximum absolute atomic E-state index is 3.62. The first-order valence-corrected chi connectivity index (χ1v) is 7.54. The summed E-state index contributed by atoms with van der Waals surface area (Å²) in [7, 11) is 0. The van der Waals surface area contributed by atoms with Crippen molar-refractivity contribution in [1.82, 2.24) is 9.80 Å². The molecule has 2 aliphatic rings. The van der Waals surface area contributed by atoms with Gasteiger partial charge in [0.25, 0.3) is 0 Å². The number of hydrogen-bond donors (Lipinski definition) is 0. The molecule has 2 aliphatic heterocycles. The first-order chi connectivity index (χ1) is 7.40. The first-order valence-electron chi connectivity index (χ1n) is 6.42. The Bertz CT molecular complexity index is 180. The molecule has 15 heavy (non-hydrogen) atoms. The molecule has 2 saturated heterocycles. The van der Waals surface area contributed by atoms with Gasteiger partial charge in [-0.1, -0.05) is 15.9 Å². The molecule has 1 unspecified atom stereocenters. The van der Waals surface area contributed by atoms with E-state index in [-0.39, 0.29) is 0 Å². The van der Waals surface area contributed by atoms with E-state index >= 15 is 0 Å². The lowest BCUT2D eigenvalue weighted by Crippen LogP contribution is -2.33. The van der Waals surface area contributed by atoms with Gasteiger partial charge < -0.3 is 4.90 Å². The second kappa shape index (κ2) is 6.21. The molecule has 0 amide bonds. The summed E-state index contributed by atoms with van der Waals surface area (Å²) >= 11 is 3.62. The van der Waals surface area contributed by atoms with Gasteiger partial charge in [0, 0.05) is 11.4 Å². The van der Waals surface area contributed by atoms with Crippen molar-refractivity contribution in [3.05, 3.63) is 0 Å². The van der Waals surface area contributed by atoms with Crippen molar-refractivity contribution in [3.63, 3.8) is 0 Å². The molecule has 1 atom stereocenters. The highest BCUT2D eigenvalue weighted by molar-refractivity contribution is 9.09. The lowest BCUT2D eigenvalue weighted by Gasteiger charge is -2.24. The van der Waals surface area contributed by atoms with Crippen LogP contribution in [0.3, 0.4) is 0 Å². The van der Waals surface area contributed by atoms with E-state index in [0.717, 1.165) is 11.4 Å². The summed E-state index contributed by atoms with van der Waals surface area (Å²) in [6.07, 6.45) is 7.01. The van der Waals surface area contributed by atoms with Gasteiger partial charge in [0.15, 0.2) is 0 Å². The predicted octanol–water partition coefficient (Wildman–Crippen LogP) is 2.33. The Kier molecular flexibility index (Phi) is 4.92. The lowest BCUT2D eigenvalue weighted by molar-refractivity contribution is 0.244. The third-order valence-corrected chi connectivity index (χ3v) is 4.54. The first kappa shape index (κ1) is 11.9. The van der Waals surface area contributed by atoms with E-state index in [4.69, 9.17) is 0 Å². The topological polar surface area (TPSA) is 6.48 Å². The highest BCUT2D eigenvalue weighted by Gasteiger charge is 2.22. The summed E-state index contributed by atoms with van der Waals surface area (Å²) in [6, 6.07) is 0.823. The van der Waals surface area contributed by atoms with Crippen LogP contribution in [0.4, 0.5) is 0 Å². The Morgan fingerprint density at radius 2 is 1.80 bits per heavy atom. The van der Waals surface area contributed by atoms with Gasteiger partial charge in [-0.05, 0) is 64.8 Å². The number of rotatable bonds is 5. The molecule has 2 rings (SSSR count). The Hall–Kier alpha value is 0.400. The van der Waals surface area contributed by atoms with E-state index in [1.807, 2.05) is 0 Å². The third-order valence-electron chi connectivity index (χ3n) is 3.80. The van der Waals surface area contributed by atoms with E-state index in [0.29, 0.717) is 0 Å². The zero-order chi connectivity index (χ0) is 10.5. The number of alkyl halides is 1. The Labute approximate surface area is 102 Å². The van der Waals surface area contributed by atoms with Crippen LogP contribution in [-0.2, 0) is 0 Å². The Morgan fingerprint density at radius 3 is 2.53 bits per heavy atom. The van der Waals surface area contributed by atoms with Gasteiger partial charge in [-0.2, -0.15) is 0 Å². The fraction of sp³-hybridized carbons (Fsp3) is 1.00. The maximum Gasteiger partial charge on any atom is 0.0193 e. The minimum atomic E-state index is 0.823. The molecule has 88 valence electrons. The van der Waals surface area contributed by atoms with Crippen LogP contribution in [0.1, 0.15) is 32.1 Å². The van der Waals surface area contributed by atoms with Gasteiger partial charge in [-0.15, -0.1) is 0 Å². The van der Waals surface area contributed by atoms with Crippen molar-refractivity contribution < 1.29 is 0 Å². The van der Waals surface area contributed by atoms with Crippen LogP contribution >= 0.6 is 15.9 Å². The maximum atomic E-state index is 3.62. The zero-order valence-corrected chi connectivity index (χ0v) is 11.2. The minimum absolute atomic E-state index is 0.823. The largest absolute Gasteiger partial charge is 0.303 e. The zero-order valence-electron chi connectivity index (χ0n) is 9.63. The van der Waals surface area contributed by atoms with Crippen LogP contribution in [0.2, 0.25) is 0 Å². The molecule has 0 N–H and O–H groups in total. The van der Waals surface area contributed by atoms with Crippen LogP contribution < -0.4 is 0 Å². The van der Waals surface area contributed by atoms with Crippen molar-refractivity contribution in [2.24, 2.45) is 0 Å². The van der Waals surface area contributed by atoms with Crippen LogP contribution in [0.25, 0.3) is 0 Å². The average Bonchev–Trinajstić information content (AvgIpc) is 2.88. The van der Waals surface area contributed by atoms with E-state index in [2.05, 4.69) is 25.7 Å². The smallest absolute Gasteiger partial charge is 0.0193 e. The van der Waals surface area contributed by atoms with Gasteiger partial charge in [0.05, 0.1) is 0 Å². The van der Waals surface area contributed by atoms with Crippen LogP contribution in [0, 0.1) is 0 Å². The molecule has 0 bridgehead atoms. The van der Waals surface area contributed by atoms with Crippen molar-refractivity contribution in [2.75, 3.05) is 38.1 Å². The molecule has 0 saturated carbocycles. The van der Waals surface area contributed by atoms with E-state index in [1.165, 1.54) is 64.8 Å². The predicted molar refractivity (Wildman–Crippen MR) is 68.7 cm³/mol. The van der Waals surface area contributed by atoms with Crippen LogP contribution in [0.15, 0.2) is 0 Å². The Morgan fingerprint density at radius 1 is 1.00 bits per heavy atom. The van der Waals surface area contributed by atoms with Crippen molar-refractivity contribution in [1.29, 1.82) is 0 Å². The molecular formula is C12H23BrN2. The summed E-state index contributed by atoms with van der Waals surface area (Å²) in [6.45, 7) is 6.66. The minimum Gasteiger partial charge on any atom is -0.303 e. The molecule has 2 fully saturated rings. The number of hydrogen-bond acceptors (Lipinski definition) is 2. The standard InChI is InChI=1S/C12H23BrN2/c13-11-12-5-3-9-15(12)10-4-8-14-6-1-2-7-14/h12H,1-11H2. The Balaban J connectivity index is 1.60. The summed E-state index contributed by atoms with van der Waals surface area (Å²) in [5, 5.41) is 1.16. The number of halogens is 1. The lowest BCUT2D eigenvalue weighted by atomic mass is 10.2. The van der Waals surface area contributed by atoms with Gasteiger partial charge >= 0.3 is 0 Å². The quantitative estimate of drug-likeness (QED) is 0.711. The monoisotopic (exact) mass is 274 g/mol. The molecule has 0 aromatic carbocycles. The summed E-state index contributed by atoms with van der Waals surface area (Å²) in [4.78, 5) is 5.30. The van der Waals surface area contributed by atoms with Gasteiger partial charge in [0.1, 0.15) is 0 Å². The molecule has 3 heteroatoms. The normalized spacial score (nSPS) is 29.0. The third kappa shape index (κ3) is 3.43. The molecule has 0 aromatic heterocycles.